The molecule has 102 valence electrons. The fourth-order valence-corrected chi connectivity index (χ4v) is 4.87. The van der Waals surface area contributed by atoms with E-state index in [2.05, 4.69) is 11.9 Å². The number of thioether (sulfide) groups is 1. The highest BCUT2D eigenvalue weighted by Crippen LogP contribution is 2.40. The van der Waals surface area contributed by atoms with Gasteiger partial charge in [0.25, 0.3) is 0 Å². The zero-order chi connectivity index (χ0) is 12.8. The fraction of sp³-hybridized carbons (Fsp3) is 0.923. The smallest absolute Gasteiger partial charge is 0.235 e. The summed E-state index contributed by atoms with van der Waals surface area (Å²) in [6.45, 7) is 2.99. The first-order valence-electron chi connectivity index (χ1n) is 6.87. The van der Waals surface area contributed by atoms with Crippen LogP contribution >= 0.6 is 11.8 Å². The van der Waals surface area contributed by atoms with Crippen molar-refractivity contribution in [2.75, 3.05) is 39.0 Å². The van der Waals surface area contributed by atoms with Gasteiger partial charge in [0.15, 0.2) is 0 Å². The van der Waals surface area contributed by atoms with Gasteiger partial charge in [-0.3, -0.25) is 9.69 Å². The molecule has 0 aliphatic carbocycles. The van der Waals surface area contributed by atoms with Crippen LogP contribution in [0.5, 0.6) is 0 Å². The van der Waals surface area contributed by atoms with E-state index in [9.17, 15) is 9.90 Å². The molecular formula is C13H22N2O2S. The Morgan fingerprint density at radius 1 is 1.50 bits per heavy atom. The summed E-state index contributed by atoms with van der Waals surface area (Å²) in [6.07, 6.45) is 3.29. The number of nitrogens with zero attached hydrogens (tertiary/aromatic N) is 2. The lowest BCUT2D eigenvalue weighted by atomic mass is 9.84. The summed E-state index contributed by atoms with van der Waals surface area (Å²) in [4.78, 5) is 16.6. The molecule has 0 unspecified atom stereocenters. The molecule has 3 saturated heterocycles. The quantitative estimate of drug-likeness (QED) is 0.789. The first-order chi connectivity index (χ1) is 8.64. The van der Waals surface area contributed by atoms with E-state index >= 15 is 0 Å². The molecule has 3 rings (SSSR count). The van der Waals surface area contributed by atoms with E-state index in [-0.39, 0.29) is 17.4 Å². The Bertz CT molecular complexity index is 338. The molecule has 18 heavy (non-hydrogen) atoms. The van der Waals surface area contributed by atoms with Gasteiger partial charge in [-0.2, -0.15) is 0 Å². The number of likely N-dealkylation sites (tertiary alicyclic amines) is 2. The second kappa shape index (κ2) is 4.69. The standard InChI is InChI=1S/C13H22N2O2S/c1-14-6-10(7-16)5-13(14)8-15(9-13)12(17)11-3-2-4-18-11/h10-11,16H,2-9H2,1H3/t10-,11+/m1/s1. The van der Waals surface area contributed by atoms with E-state index in [0.717, 1.165) is 38.2 Å². The fourth-order valence-electron chi connectivity index (χ4n) is 3.63. The summed E-state index contributed by atoms with van der Waals surface area (Å²) >= 11 is 1.82. The van der Waals surface area contributed by atoms with Crippen molar-refractivity contribution in [3.05, 3.63) is 0 Å². The predicted molar refractivity (Wildman–Crippen MR) is 72.6 cm³/mol. The highest BCUT2D eigenvalue weighted by molar-refractivity contribution is 8.00. The second-order valence-corrected chi connectivity index (χ2v) is 7.36. The normalized spacial score (nSPS) is 35.1. The van der Waals surface area contributed by atoms with Crippen LogP contribution < -0.4 is 0 Å². The van der Waals surface area contributed by atoms with Crippen LogP contribution in [0.15, 0.2) is 0 Å². The van der Waals surface area contributed by atoms with E-state index < -0.39 is 0 Å². The number of likely N-dealkylation sites (N-methyl/N-ethyl adjacent to an activating group) is 1. The van der Waals surface area contributed by atoms with Crippen molar-refractivity contribution in [2.45, 2.75) is 30.1 Å². The molecule has 0 aromatic rings. The topological polar surface area (TPSA) is 43.8 Å². The Hall–Kier alpha value is -0.260. The van der Waals surface area contributed by atoms with Gasteiger partial charge in [0.05, 0.1) is 10.8 Å². The van der Waals surface area contributed by atoms with Gasteiger partial charge in [-0.05, 0) is 38.0 Å². The van der Waals surface area contributed by atoms with Gasteiger partial charge >= 0.3 is 0 Å². The van der Waals surface area contributed by atoms with E-state index in [1.807, 2.05) is 16.7 Å². The van der Waals surface area contributed by atoms with Gasteiger partial charge in [0.2, 0.25) is 5.91 Å². The molecule has 2 atom stereocenters. The van der Waals surface area contributed by atoms with Crippen molar-refractivity contribution in [3.63, 3.8) is 0 Å². The molecule has 1 amide bonds. The van der Waals surface area contributed by atoms with Crippen molar-refractivity contribution < 1.29 is 9.90 Å². The average molecular weight is 270 g/mol. The number of carbonyl (C=O) groups excluding carboxylic acids is 1. The molecule has 3 aliphatic heterocycles. The number of carbonyl (C=O) groups is 1. The zero-order valence-corrected chi connectivity index (χ0v) is 11.8. The van der Waals surface area contributed by atoms with Crippen molar-refractivity contribution >= 4 is 17.7 Å². The summed E-state index contributed by atoms with van der Waals surface area (Å²) in [5, 5.41) is 9.50. The molecular weight excluding hydrogens is 248 g/mol. The summed E-state index contributed by atoms with van der Waals surface area (Å²) in [6, 6.07) is 0. The number of aliphatic hydroxyl groups excluding tert-OH is 1. The highest BCUT2D eigenvalue weighted by Gasteiger charge is 2.53. The summed E-state index contributed by atoms with van der Waals surface area (Å²) in [5.41, 5.74) is 0.173. The maximum absolute atomic E-state index is 12.3. The molecule has 4 nitrogen and oxygen atoms in total. The average Bonchev–Trinajstić information content (AvgIpc) is 2.93. The van der Waals surface area contributed by atoms with Crippen molar-refractivity contribution in [3.8, 4) is 0 Å². The molecule has 0 aromatic carbocycles. The van der Waals surface area contributed by atoms with Gasteiger partial charge in [-0.1, -0.05) is 0 Å². The Kier molecular flexibility index (Phi) is 3.32. The predicted octanol–water partition coefficient (Wildman–Crippen LogP) is 0.407. The summed E-state index contributed by atoms with van der Waals surface area (Å²) < 4.78 is 0. The van der Waals surface area contributed by atoms with Gasteiger partial charge < -0.3 is 10.0 Å². The largest absolute Gasteiger partial charge is 0.396 e. The van der Waals surface area contributed by atoms with E-state index in [0.29, 0.717) is 11.8 Å². The van der Waals surface area contributed by atoms with Crippen LogP contribution in [-0.2, 0) is 4.79 Å². The molecule has 0 aromatic heterocycles. The number of hydrogen-bond acceptors (Lipinski definition) is 4. The molecule has 5 heteroatoms. The van der Waals surface area contributed by atoms with Crippen LogP contribution in [0.25, 0.3) is 0 Å². The van der Waals surface area contributed by atoms with Crippen LogP contribution in [0.3, 0.4) is 0 Å². The number of rotatable bonds is 2. The lowest BCUT2D eigenvalue weighted by molar-refractivity contribution is -0.142. The van der Waals surface area contributed by atoms with Crippen LogP contribution in [0.1, 0.15) is 19.3 Å². The number of amides is 1. The summed E-state index contributed by atoms with van der Waals surface area (Å²) in [5.74, 6) is 1.89. The van der Waals surface area contributed by atoms with Crippen LogP contribution in [0.2, 0.25) is 0 Å². The van der Waals surface area contributed by atoms with Crippen molar-refractivity contribution in [1.82, 2.24) is 9.80 Å². The Morgan fingerprint density at radius 2 is 2.28 bits per heavy atom. The van der Waals surface area contributed by atoms with Gasteiger partial charge in [0, 0.05) is 26.2 Å². The maximum Gasteiger partial charge on any atom is 0.235 e. The van der Waals surface area contributed by atoms with Gasteiger partial charge in [0.1, 0.15) is 0 Å². The summed E-state index contributed by atoms with van der Waals surface area (Å²) in [7, 11) is 2.13. The Labute approximate surface area is 113 Å². The SMILES string of the molecule is CN1C[C@H](CO)CC12CN(C(=O)[C@@H]1CCCS1)C2. The number of aliphatic hydroxyl groups is 1. The van der Waals surface area contributed by atoms with E-state index in [4.69, 9.17) is 0 Å². The molecule has 0 saturated carbocycles. The molecule has 3 aliphatic rings. The van der Waals surface area contributed by atoms with E-state index in [1.54, 1.807) is 0 Å². The minimum absolute atomic E-state index is 0.173. The molecule has 0 bridgehead atoms. The second-order valence-electron chi connectivity index (χ2n) is 6.05. The third-order valence-corrected chi connectivity index (χ3v) is 6.12. The van der Waals surface area contributed by atoms with Crippen LogP contribution in [0.4, 0.5) is 0 Å². The minimum atomic E-state index is 0.173. The third kappa shape index (κ3) is 1.96. The number of hydrogen-bond donors (Lipinski definition) is 1. The molecule has 1 N–H and O–H groups in total. The highest BCUT2D eigenvalue weighted by atomic mass is 32.2. The van der Waals surface area contributed by atoms with Crippen LogP contribution in [0, 0.1) is 5.92 Å². The first-order valence-corrected chi connectivity index (χ1v) is 7.92. The monoisotopic (exact) mass is 270 g/mol. The molecule has 3 heterocycles. The lowest BCUT2D eigenvalue weighted by Crippen LogP contribution is -2.69. The first kappa shape index (κ1) is 12.8. The van der Waals surface area contributed by atoms with Gasteiger partial charge in [-0.25, -0.2) is 0 Å². The third-order valence-electron chi connectivity index (χ3n) is 4.76. The van der Waals surface area contributed by atoms with Crippen molar-refractivity contribution in [2.24, 2.45) is 5.92 Å². The molecule has 1 spiro atoms. The zero-order valence-electron chi connectivity index (χ0n) is 11.0. The maximum atomic E-state index is 12.3. The van der Waals surface area contributed by atoms with Gasteiger partial charge in [-0.15, -0.1) is 11.8 Å². The van der Waals surface area contributed by atoms with E-state index in [1.165, 1.54) is 6.42 Å². The molecule has 3 fully saturated rings. The lowest BCUT2D eigenvalue weighted by Gasteiger charge is -2.52. The Morgan fingerprint density at radius 3 is 2.83 bits per heavy atom. The minimum Gasteiger partial charge on any atom is -0.396 e. The molecule has 0 radical (unpaired) electrons. The Balaban J connectivity index is 1.57. The van der Waals surface area contributed by atoms with Crippen LogP contribution in [-0.4, -0.2) is 70.6 Å². The van der Waals surface area contributed by atoms with Crippen molar-refractivity contribution in [1.29, 1.82) is 0 Å².